The Bertz CT molecular complexity index is 681. The number of amides is 1. The molecule has 1 saturated carbocycles. The summed E-state index contributed by atoms with van der Waals surface area (Å²) in [6.07, 6.45) is 4.69. The Balaban J connectivity index is 1.28. The molecule has 2 aromatic rings. The Hall–Kier alpha value is -2.20. The first-order chi connectivity index (χ1) is 11.8. The zero-order chi connectivity index (χ0) is 16.4. The van der Waals surface area contributed by atoms with Crippen molar-refractivity contribution in [3.63, 3.8) is 0 Å². The minimum atomic E-state index is 0.208. The molecule has 2 heterocycles. The third kappa shape index (κ3) is 3.34. The third-order valence-corrected chi connectivity index (χ3v) is 5.17. The van der Waals surface area contributed by atoms with E-state index in [0.717, 1.165) is 39.1 Å². The van der Waals surface area contributed by atoms with Gasteiger partial charge in [0.25, 0.3) is 0 Å². The van der Waals surface area contributed by atoms with Gasteiger partial charge in [0.15, 0.2) is 0 Å². The Morgan fingerprint density at radius 1 is 1.00 bits per heavy atom. The molecular weight excluding hydrogens is 298 g/mol. The highest BCUT2D eigenvalue weighted by Crippen LogP contribution is 2.48. The Kier molecular flexibility index (Phi) is 4.30. The van der Waals surface area contributed by atoms with E-state index in [2.05, 4.69) is 51.2 Å². The summed E-state index contributed by atoms with van der Waals surface area (Å²) in [5.74, 6) is 1.00. The molecular formula is C20H23N3O. The molecule has 4 heteroatoms. The number of carbonyl (C=O) groups is 1. The fourth-order valence-electron chi connectivity index (χ4n) is 3.64. The van der Waals surface area contributed by atoms with Crippen LogP contribution in [0.25, 0.3) is 0 Å². The van der Waals surface area contributed by atoms with Crippen LogP contribution in [-0.2, 0) is 11.3 Å². The third-order valence-electron chi connectivity index (χ3n) is 5.17. The summed E-state index contributed by atoms with van der Waals surface area (Å²) >= 11 is 0. The van der Waals surface area contributed by atoms with Crippen molar-refractivity contribution in [2.75, 3.05) is 26.2 Å². The average molecular weight is 321 g/mol. The van der Waals surface area contributed by atoms with Crippen molar-refractivity contribution in [3.05, 3.63) is 66.0 Å². The van der Waals surface area contributed by atoms with Crippen LogP contribution in [0, 0.1) is 5.92 Å². The van der Waals surface area contributed by atoms with Gasteiger partial charge in [0.1, 0.15) is 0 Å². The van der Waals surface area contributed by atoms with Crippen LogP contribution < -0.4 is 0 Å². The highest BCUT2D eigenvalue weighted by Gasteiger charge is 2.45. The van der Waals surface area contributed by atoms with Crippen molar-refractivity contribution in [3.8, 4) is 0 Å². The van der Waals surface area contributed by atoms with Gasteiger partial charge < -0.3 is 4.90 Å². The van der Waals surface area contributed by atoms with E-state index in [-0.39, 0.29) is 5.92 Å². The molecule has 1 aliphatic heterocycles. The SMILES string of the molecule is O=C([C@@H]1C[C@H]1c1ccccc1)N1CCN(Cc2ccncc2)CC1. The number of aromatic nitrogens is 1. The van der Waals surface area contributed by atoms with Crippen molar-refractivity contribution in [1.29, 1.82) is 0 Å². The van der Waals surface area contributed by atoms with Crippen LogP contribution >= 0.6 is 0 Å². The molecule has 0 radical (unpaired) electrons. The first-order valence-corrected chi connectivity index (χ1v) is 8.76. The molecule has 0 unspecified atom stereocenters. The standard InChI is InChI=1S/C20H23N3O/c24-20(19-14-18(19)17-4-2-1-3-5-17)23-12-10-22(11-13-23)15-16-6-8-21-9-7-16/h1-9,18-19H,10-15H2/t18-,19+/m0/s1. The van der Waals surface area contributed by atoms with E-state index < -0.39 is 0 Å². The van der Waals surface area contributed by atoms with Gasteiger partial charge in [0.2, 0.25) is 5.91 Å². The highest BCUT2D eigenvalue weighted by molar-refractivity contribution is 5.83. The van der Waals surface area contributed by atoms with Gasteiger partial charge in [-0.05, 0) is 35.6 Å². The second-order valence-corrected chi connectivity index (χ2v) is 6.82. The quantitative estimate of drug-likeness (QED) is 0.868. The predicted octanol–water partition coefficient (Wildman–Crippen LogP) is 2.53. The lowest BCUT2D eigenvalue weighted by atomic mass is 10.1. The van der Waals surface area contributed by atoms with Gasteiger partial charge >= 0.3 is 0 Å². The first-order valence-electron chi connectivity index (χ1n) is 8.76. The van der Waals surface area contributed by atoms with E-state index in [9.17, 15) is 4.79 Å². The lowest BCUT2D eigenvalue weighted by molar-refractivity contribution is -0.134. The number of hydrogen-bond acceptors (Lipinski definition) is 3. The monoisotopic (exact) mass is 321 g/mol. The number of carbonyl (C=O) groups excluding carboxylic acids is 1. The van der Waals surface area contributed by atoms with Crippen molar-refractivity contribution in [2.24, 2.45) is 5.92 Å². The summed E-state index contributed by atoms with van der Waals surface area (Å²) in [6, 6.07) is 14.6. The van der Waals surface area contributed by atoms with Gasteiger partial charge in [-0.2, -0.15) is 0 Å². The molecule has 124 valence electrons. The van der Waals surface area contributed by atoms with Gasteiger partial charge in [-0.1, -0.05) is 30.3 Å². The molecule has 0 spiro atoms. The molecule has 0 N–H and O–H groups in total. The topological polar surface area (TPSA) is 36.4 Å². The maximum atomic E-state index is 12.7. The lowest BCUT2D eigenvalue weighted by Gasteiger charge is -2.35. The molecule has 2 atom stereocenters. The number of rotatable bonds is 4. The molecule has 1 amide bonds. The van der Waals surface area contributed by atoms with Crippen LogP contribution in [0.1, 0.15) is 23.5 Å². The van der Waals surface area contributed by atoms with Crippen LogP contribution in [0.4, 0.5) is 0 Å². The van der Waals surface area contributed by atoms with Crippen molar-refractivity contribution in [2.45, 2.75) is 18.9 Å². The van der Waals surface area contributed by atoms with Crippen molar-refractivity contribution < 1.29 is 4.79 Å². The molecule has 4 nitrogen and oxygen atoms in total. The molecule has 2 fully saturated rings. The number of hydrogen-bond donors (Lipinski definition) is 0. The minimum Gasteiger partial charge on any atom is -0.340 e. The first kappa shape index (κ1) is 15.3. The minimum absolute atomic E-state index is 0.208. The van der Waals surface area contributed by atoms with E-state index in [0.29, 0.717) is 11.8 Å². The van der Waals surface area contributed by atoms with Crippen LogP contribution in [0.5, 0.6) is 0 Å². The van der Waals surface area contributed by atoms with E-state index >= 15 is 0 Å². The fraction of sp³-hybridized carbons (Fsp3) is 0.400. The molecule has 1 saturated heterocycles. The molecule has 1 aliphatic carbocycles. The Morgan fingerprint density at radius 2 is 1.71 bits per heavy atom. The van der Waals surface area contributed by atoms with Gasteiger partial charge in [0.05, 0.1) is 0 Å². The fourth-order valence-corrected chi connectivity index (χ4v) is 3.64. The van der Waals surface area contributed by atoms with Crippen LogP contribution in [0.15, 0.2) is 54.9 Å². The second kappa shape index (κ2) is 6.73. The largest absolute Gasteiger partial charge is 0.340 e. The van der Waals surface area contributed by atoms with E-state index in [1.54, 1.807) is 0 Å². The van der Waals surface area contributed by atoms with Crippen LogP contribution in [0.3, 0.4) is 0 Å². The normalized spacial score (nSPS) is 23.9. The Labute approximate surface area is 143 Å². The van der Waals surface area contributed by atoms with Crippen molar-refractivity contribution >= 4 is 5.91 Å². The maximum absolute atomic E-state index is 12.7. The molecule has 1 aromatic carbocycles. The predicted molar refractivity (Wildman–Crippen MR) is 93.4 cm³/mol. The van der Waals surface area contributed by atoms with Gasteiger partial charge in [0, 0.05) is 51.0 Å². The van der Waals surface area contributed by atoms with Gasteiger partial charge in [-0.15, -0.1) is 0 Å². The summed E-state index contributed by atoms with van der Waals surface area (Å²) in [7, 11) is 0. The average Bonchev–Trinajstić information content (AvgIpc) is 3.44. The smallest absolute Gasteiger partial charge is 0.226 e. The zero-order valence-corrected chi connectivity index (χ0v) is 13.8. The summed E-state index contributed by atoms with van der Waals surface area (Å²) in [6.45, 7) is 4.55. The molecule has 4 rings (SSSR count). The number of piperazine rings is 1. The summed E-state index contributed by atoms with van der Waals surface area (Å²) in [4.78, 5) is 21.3. The van der Waals surface area contributed by atoms with Crippen LogP contribution in [-0.4, -0.2) is 46.9 Å². The summed E-state index contributed by atoms with van der Waals surface area (Å²) in [5, 5.41) is 0. The van der Waals surface area contributed by atoms with E-state index in [1.165, 1.54) is 11.1 Å². The summed E-state index contributed by atoms with van der Waals surface area (Å²) in [5.41, 5.74) is 2.60. The lowest BCUT2D eigenvalue weighted by Crippen LogP contribution is -2.48. The van der Waals surface area contributed by atoms with E-state index in [1.807, 2.05) is 18.5 Å². The number of pyridine rings is 1. The Morgan fingerprint density at radius 3 is 2.42 bits per heavy atom. The molecule has 2 aliphatic rings. The summed E-state index contributed by atoms with van der Waals surface area (Å²) < 4.78 is 0. The number of benzene rings is 1. The molecule has 24 heavy (non-hydrogen) atoms. The highest BCUT2D eigenvalue weighted by atomic mass is 16.2. The van der Waals surface area contributed by atoms with E-state index in [4.69, 9.17) is 0 Å². The number of nitrogens with zero attached hydrogens (tertiary/aromatic N) is 3. The maximum Gasteiger partial charge on any atom is 0.226 e. The zero-order valence-electron chi connectivity index (χ0n) is 13.8. The van der Waals surface area contributed by atoms with Crippen LogP contribution in [0.2, 0.25) is 0 Å². The van der Waals surface area contributed by atoms with Crippen molar-refractivity contribution in [1.82, 2.24) is 14.8 Å². The van der Waals surface area contributed by atoms with Gasteiger partial charge in [-0.25, -0.2) is 0 Å². The second-order valence-electron chi connectivity index (χ2n) is 6.82. The molecule has 0 bridgehead atoms. The van der Waals surface area contributed by atoms with Gasteiger partial charge in [-0.3, -0.25) is 14.7 Å². The molecule has 1 aromatic heterocycles.